The quantitative estimate of drug-likeness (QED) is 0.617. The fourth-order valence-electron chi connectivity index (χ4n) is 2.95. The molecule has 2 aromatic rings. The van der Waals surface area contributed by atoms with E-state index >= 15 is 0 Å². The van der Waals surface area contributed by atoms with Gasteiger partial charge in [-0.2, -0.15) is 0 Å². The Kier molecular flexibility index (Phi) is 4.02. The second-order valence-corrected chi connectivity index (χ2v) is 5.48. The van der Waals surface area contributed by atoms with E-state index in [0.29, 0.717) is 37.7 Å². The van der Waals surface area contributed by atoms with Crippen molar-refractivity contribution in [3.63, 3.8) is 0 Å². The second-order valence-electron chi connectivity index (χ2n) is 5.48. The average Bonchev–Trinajstić information content (AvgIpc) is 2.97. The number of nitro benzene ring substituents is 1. The van der Waals surface area contributed by atoms with Gasteiger partial charge < -0.3 is 19.9 Å². The molecule has 10 heteroatoms. The molecule has 1 saturated heterocycles. The summed E-state index contributed by atoms with van der Waals surface area (Å²) in [5, 5.41) is 22.3. The zero-order valence-electron chi connectivity index (χ0n) is 13.0. The molecule has 0 saturated carbocycles. The highest BCUT2D eigenvalue weighted by Gasteiger charge is 2.29. The molecule has 1 aliphatic rings. The number of benzene rings is 1. The van der Waals surface area contributed by atoms with Crippen molar-refractivity contribution in [2.75, 3.05) is 36.0 Å². The van der Waals surface area contributed by atoms with Crippen molar-refractivity contribution in [1.82, 2.24) is 9.55 Å². The van der Waals surface area contributed by atoms with Crippen LogP contribution in [-0.2, 0) is 7.05 Å². The summed E-state index contributed by atoms with van der Waals surface area (Å²) in [5.74, 6) is 0.291. The molecule has 0 radical (unpaired) electrons. The number of aromatic nitrogens is 2. The van der Waals surface area contributed by atoms with E-state index in [1.807, 2.05) is 9.80 Å². The monoisotopic (exact) mass is 332 g/mol. The highest BCUT2D eigenvalue weighted by Crippen LogP contribution is 2.31. The highest BCUT2D eigenvalue weighted by atomic mass is 16.6. The van der Waals surface area contributed by atoms with Crippen LogP contribution in [0.4, 0.5) is 23.0 Å². The van der Waals surface area contributed by atoms with E-state index in [1.165, 1.54) is 12.4 Å². The Bertz CT molecular complexity index is 781. The lowest BCUT2D eigenvalue weighted by atomic mass is 10.2. The van der Waals surface area contributed by atoms with Crippen LogP contribution in [0.25, 0.3) is 0 Å². The standard InChI is InChI=1S/C14H16N6O4/c1-16-10-15-13(20(23)24)14(16)18-8-6-17(7-9-18)11-4-2-3-5-12(11)19(21)22/h2-5,10H,6-9H2,1H3. The Morgan fingerprint density at radius 2 is 1.62 bits per heavy atom. The molecule has 2 heterocycles. The zero-order valence-corrected chi connectivity index (χ0v) is 13.0. The van der Waals surface area contributed by atoms with Crippen LogP contribution in [0.2, 0.25) is 0 Å². The second kappa shape index (κ2) is 6.14. The lowest BCUT2D eigenvalue weighted by Gasteiger charge is -2.36. The van der Waals surface area contributed by atoms with E-state index in [-0.39, 0.29) is 11.5 Å². The summed E-state index contributed by atoms with van der Waals surface area (Å²) in [5.41, 5.74) is 0.638. The first-order valence-corrected chi connectivity index (χ1v) is 7.38. The van der Waals surface area contributed by atoms with Crippen LogP contribution in [0, 0.1) is 20.2 Å². The van der Waals surface area contributed by atoms with Crippen molar-refractivity contribution in [2.24, 2.45) is 7.05 Å². The zero-order chi connectivity index (χ0) is 17.3. The van der Waals surface area contributed by atoms with Crippen LogP contribution < -0.4 is 9.80 Å². The largest absolute Gasteiger partial charge is 0.406 e. The first-order chi connectivity index (χ1) is 11.5. The minimum Gasteiger partial charge on any atom is -0.362 e. The maximum Gasteiger partial charge on any atom is 0.406 e. The van der Waals surface area contributed by atoms with Gasteiger partial charge in [0.25, 0.3) is 5.69 Å². The van der Waals surface area contributed by atoms with Gasteiger partial charge in [0.2, 0.25) is 12.1 Å². The van der Waals surface area contributed by atoms with Crippen LogP contribution in [0.1, 0.15) is 0 Å². The molecule has 1 aromatic heterocycles. The fourth-order valence-corrected chi connectivity index (χ4v) is 2.95. The Labute approximate surface area is 137 Å². The number of nitro groups is 2. The van der Waals surface area contributed by atoms with Gasteiger partial charge in [-0.3, -0.25) is 14.7 Å². The first kappa shape index (κ1) is 15.7. The molecule has 0 aliphatic carbocycles. The third-order valence-corrected chi connectivity index (χ3v) is 4.06. The van der Waals surface area contributed by atoms with E-state index in [2.05, 4.69) is 4.98 Å². The summed E-state index contributed by atoms with van der Waals surface area (Å²) in [4.78, 5) is 29.0. The number of imidazole rings is 1. The molecule has 1 fully saturated rings. The van der Waals surface area contributed by atoms with Crippen LogP contribution in [0.3, 0.4) is 0 Å². The summed E-state index contributed by atoms with van der Waals surface area (Å²) >= 11 is 0. The Morgan fingerprint density at radius 1 is 1.00 bits per heavy atom. The third-order valence-electron chi connectivity index (χ3n) is 4.06. The topological polar surface area (TPSA) is 111 Å². The summed E-state index contributed by atoms with van der Waals surface area (Å²) < 4.78 is 1.62. The number of piperazine rings is 1. The SMILES string of the molecule is Cn1cnc([N+](=O)[O-])c1N1CCN(c2ccccc2[N+](=O)[O-])CC1. The molecular formula is C14H16N6O4. The van der Waals surface area contributed by atoms with E-state index in [4.69, 9.17) is 0 Å². The van der Waals surface area contributed by atoms with Crippen molar-refractivity contribution in [2.45, 2.75) is 0 Å². The van der Waals surface area contributed by atoms with Crippen molar-refractivity contribution in [1.29, 1.82) is 0 Å². The Morgan fingerprint density at radius 3 is 2.25 bits per heavy atom. The third kappa shape index (κ3) is 2.73. The van der Waals surface area contributed by atoms with Crippen molar-refractivity contribution >= 4 is 23.0 Å². The van der Waals surface area contributed by atoms with Gasteiger partial charge >= 0.3 is 5.82 Å². The van der Waals surface area contributed by atoms with E-state index < -0.39 is 9.85 Å². The van der Waals surface area contributed by atoms with E-state index in [0.717, 1.165) is 0 Å². The maximum absolute atomic E-state index is 11.2. The normalized spacial score (nSPS) is 14.7. The van der Waals surface area contributed by atoms with E-state index in [1.54, 1.807) is 29.8 Å². The summed E-state index contributed by atoms with van der Waals surface area (Å²) in [6.45, 7) is 2.11. The first-order valence-electron chi connectivity index (χ1n) is 7.38. The highest BCUT2D eigenvalue weighted by molar-refractivity contribution is 5.64. The van der Waals surface area contributed by atoms with Gasteiger partial charge in [-0.15, -0.1) is 0 Å². The number of aryl methyl sites for hydroxylation is 1. The van der Waals surface area contributed by atoms with Gasteiger partial charge in [-0.25, -0.2) is 0 Å². The van der Waals surface area contributed by atoms with Gasteiger partial charge in [0.15, 0.2) is 0 Å². The van der Waals surface area contributed by atoms with Gasteiger partial charge in [-0.05, 0) is 16.0 Å². The number of hydrogen-bond acceptors (Lipinski definition) is 7. The minimum absolute atomic E-state index is 0.0671. The summed E-state index contributed by atoms with van der Waals surface area (Å²) in [6, 6.07) is 6.60. The van der Waals surface area contributed by atoms with Gasteiger partial charge in [0.1, 0.15) is 5.69 Å². The van der Waals surface area contributed by atoms with Crippen LogP contribution in [0.5, 0.6) is 0 Å². The molecule has 0 atom stereocenters. The van der Waals surface area contributed by atoms with Crippen LogP contribution >= 0.6 is 0 Å². The number of para-hydroxylation sites is 2. The van der Waals surface area contributed by atoms with Crippen LogP contribution in [0.15, 0.2) is 30.6 Å². The lowest BCUT2D eigenvalue weighted by molar-refractivity contribution is -0.388. The number of nitrogens with zero attached hydrogens (tertiary/aromatic N) is 6. The minimum atomic E-state index is -0.496. The average molecular weight is 332 g/mol. The molecule has 0 unspecified atom stereocenters. The molecular weight excluding hydrogens is 316 g/mol. The Balaban J connectivity index is 1.79. The van der Waals surface area contributed by atoms with Gasteiger partial charge in [0, 0.05) is 39.3 Å². The molecule has 1 aliphatic heterocycles. The van der Waals surface area contributed by atoms with E-state index in [9.17, 15) is 20.2 Å². The lowest BCUT2D eigenvalue weighted by Crippen LogP contribution is -2.47. The predicted octanol–water partition coefficient (Wildman–Crippen LogP) is 1.56. The smallest absolute Gasteiger partial charge is 0.362 e. The van der Waals surface area contributed by atoms with Crippen LogP contribution in [-0.4, -0.2) is 45.6 Å². The number of hydrogen-bond donors (Lipinski definition) is 0. The molecule has 24 heavy (non-hydrogen) atoms. The molecule has 0 N–H and O–H groups in total. The molecule has 0 bridgehead atoms. The molecule has 10 nitrogen and oxygen atoms in total. The molecule has 1 aromatic carbocycles. The maximum atomic E-state index is 11.2. The van der Waals surface area contributed by atoms with Gasteiger partial charge in [0.05, 0.1) is 4.92 Å². The molecule has 3 rings (SSSR count). The van der Waals surface area contributed by atoms with Crippen molar-refractivity contribution in [3.05, 3.63) is 50.8 Å². The molecule has 0 spiro atoms. The summed E-state index contributed by atoms with van der Waals surface area (Å²) in [7, 11) is 1.71. The fraction of sp³-hybridized carbons (Fsp3) is 0.357. The summed E-state index contributed by atoms with van der Waals surface area (Å²) in [6.07, 6.45) is 1.42. The molecule has 0 amide bonds. The molecule has 126 valence electrons. The van der Waals surface area contributed by atoms with Crippen molar-refractivity contribution < 1.29 is 9.85 Å². The Hall–Kier alpha value is -3.17. The predicted molar refractivity (Wildman–Crippen MR) is 87.4 cm³/mol. The van der Waals surface area contributed by atoms with Crippen molar-refractivity contribution in [3.8, 4) is 0 Å². The van der Waals surface area contributed by atoms with Gasteiger partial charge in [-0.1, -0.05) is 12.1 Å². The number of anilines is 2. The number of rotatable bonds is 4.